The zero-order chi connectivity index (χ0) is 24.5. The first-order chi connectivity index (χ1) is 16.2. The molecule has 7 heteroatoms. The summed E-state index contributed by atoms with van der Waals surface area (Å²) in [5.41, 5.74) is 4.09. The lowest BCUT2D eigenvalue weighted by Gasteiger charge is -2.25. The molecule has 7 nitrogen and oxygen atoms in total. The van der Waals surface area contributed by atoms with Crippen LogP contribution >= 0.6 is 0 Å². The van der Waals surface area contributed by atoms with E-state index in [1.54, 1.807) is 24.3 Å². The Balaban J connectivity index is 1.54. The minimum Gasteiger partial charge on any atom is -0.507 e. The van der Waals surface area contributed by atoms with Gasteiger partial charge in [-0.3, -0.25) is 4.79 Å². The van der Waals surface area contributed by atoms with E-state index in [1.807, 2.05) is 25.1 Å². The fraction of sp³-hybridized carbons (Fsp3) is 0.370. The lowest BCUT2D eigenvalue weighted by molar-refractivity contribution is 0.102. The van der Waals surface area contributed by atoms with Gasteiger partial charge in [0, 0.05) is 35.3 Å². The molecule has 0 atom stereocenters. The van der Waals surface area contributed by atoms with E-state index in [9.17, 15) is 14.7 Å². The molecule has 0 spiro atoms. The van der Waals surface area contributed by atoms with Crippen molar-refractivity contribution in [1.82, 2.24) is 15.1 Å². The lowest BCUT2D eigenvalue weighted by atomic mass is 9.82. The minimum absolute atomic E-state index is 0.0124. The van der Waals surface area contributed by atoms with Crippen molar-refractivity contribution in [3.05, 3.63) is 65.4 Å². The smallest absolute Gasteiger partial charge is 0.342 e. The summed E-state index contributed by atoms with van der Waals surface area (Å²) in [4.78, 5) is 25.2. The van der Waals surface area contributed by atoms with Gasteiger partial charge in [0.2, 0.25) is 0 Å². The Bertz CT molecular complexity index is 1200. The van der Waals surface area contributed by atoms with Crippen molar-refractivity contribution in [1.29, 1.82) is 0 Å². The number of phenols is 1. The van der Waals surface area contributed by atoms with Gasteiger partial charge in [0.05, 0.1) is 11.4 Å². The fourth-order valence-corrected chi connectivity index (χ4v) is 4.06. The second-order valence-corrected chi connectivity index (χ2v) is 9.84. The van der Waals surface area contributed by atoms with Crippen molar-refractivity contribution in [3.63, 3.8) is 0 Å². The summed E-state index contributed by atoms with van der Waals surface area (Å²) in [6, 6.07) is 14.1. The van der Waals surface area contributed by atoms with E-state index in [0.29, 0.717) is 35.0 Å². The van der Waals surface area contributed by atoms with Crippen molar-refractivity contribution < 1.29 is 14.7 Å². The van der Waals surface area contributed by atoms with Gasteiger partial charge >= 0.3 is 6.03 Å². The van der Waals surface area contributed by atoms with Crippen molar-refractivity contribution >= 4 is 17.6 Å². The van der Waals surface area contributed by atoms with Crippen molar-refractivity contribution in [2.24, 2.45) is 0 Å². The lowest BCUT2D eigenvalue weighted by Crippen LogP contribution is -2.31. The molecule has 0 radical (unpaired) electrons. The number of hydrogen-bond acceptors (Lipinski definition) is 4. The predicted molar refractivity (Wildman–Crippen MR) is 133 cm³/mol. The van der Waals surface area contributed by atoms with E-state index in [2.05, 4.69) is 36.5 Å². The summed E-state index contributed by atoms with van der Waals surface area (Å²) in [6.45, 7) is 8.75. The molecule has 1 aromatic heterocycles. The number of amides is 2. The molecule has 3 aromatic rings. The van der Waals surface area contributed by atoms with E-state index >= 15 is 0 Å². The van der Waals surface area contributed by atoms with Gasteiger partial charge in [-0.15, -0.1) is 0 Å². The third-order valence-electron chi connectivity index (χ3n) is 6.33. The van der Waals surface area contributed by atoms with Gasteiger partial charge in [-0.2, -0.15) is 9.78 Å². The Hall–Kier alpha value is -3.61. The van der Waals surface area contributed by atoms with E-state index in [4.69, 9.17) is 0 Å². The average molecular weight is 461 g/mol. The number of nitrogens with zero attached hydrogens (tertiary/aromatic N) is 2. The third kappa shape index (κ3) is 4.83. The maximum Gasteiger partial charge on any atom is 0.342 e. The van der Waals surface area contributed by atoms with Crippen LogP contribution in [0.2, 0.25) is 0 Å². The highest BCUT2D eigenvalue weighted by Gasteiger charge is 2.27. The zero-order valence-corrected chi connectivity index (χ0v) is 20.2. The largest absolute Gasteiger partial charge is 0.507 e. The van der Waals surface area contributed by atoms with Crippen LogP contribution in [0.15, 0.2) is 48.5 Å². The van der Waals surface area contributed by atoms with Crippen LogP contribution < -0.4 is 10.6 Å². The average Bonchev–Trinajstić information content (AvgIpc) is 3.16. The number of benzene rings is 2. The molecule has 0 aliphatic heterocycles. The van der Waals surface area contributed by atoms with E-state index < -0.39 is 0 Å². The molecule has 0 unspecified atom stereocenters. The van der Waals surface area contributed by atoms with Crippen molar-refractivity contribution in [2.75, 3.05) is 11.9 Å². The Morgan fingerprint density at radius 3 is 2.35 bits per heavy atom. The Kier molecular flexibility index (Phi) is 6.46. The summed E-state index contributed by atoms with van der Waals surface area (Å²) in [5.74, 6) is 0.0382. The first kappa shape index (κ1) is 23.5. The maximum absolute atomic E-state index is 12.7. The molecule has 1 aliphatic carbocycles. The van der Waals surface area contributed by atoms with Gasteiger partial charge in [-0.25, -0.2) is 4.79 Å². The molecule has 2 aromatic carbocycles. The molecular weight excluding hydrogens is 428 g/mol. The quantitative estimate of drug-likeness (QED) is 0.458. The number of rotatable bonds is 5. The SMILES string of the molecule is CCNC(=O)n1nc(-c2ccc(NC(=O)c3ccc(C(C)(C)C)cc3)cc2O)cc1C1CCC1. The molecule has 0 saturated heterocycles. The molecule has 1 fully saturated rings. The summed E-state index contributed by atoms with van der Waals surface area (Å²) in [6.07, 6.45) is 3.19. The first-order valence-corrected chi connectivity index (χ1v) is 11.8. The maximum atomic E-state index is 12.7. The van der Waals surface area contributed by atoms with Gasteiger partial charge in [-0.1, -0.05) is 39.3 Å². The van der Waals surface area contributed by atoms with Gasteiger partial charge in [0.25, 0.3) is 5.91 Å². The number of aromatic nitrogens is 2. The molecule has 2 amide bonds. The van der Waals surface area contributed by atoms with Crippen LogP contribution in [-0.2, 0) is 5.41 Å². The topological polar surface area (TPSA) is 96.3 Å². The standard InChI is InChI=1S/C27H32N4O3/c1-5-28-26(34)31-23(17-7-6-8-17)16-22(30-31)21-14-13-20(15-24(21)32)29-25(33)18-9-11-19(12-10-18)27(2,3)4/h9-17,32H,5-8H2,1-4H3,(H,28,34)(H,29,33). The van der Waals surface area contributed by atoms with Crippen molar-refractivity contribution in [3.8, 4) is 17.0 Å². The van der Waals surface area contributed by atoms with Gasteiger partial charge in [0.15, 0.2) is 0 Å². The van der Waals surface area contributed by atoms with E-state index in [-0.39, 0.29) is 23.1 Å². The van der Waals surface area contributed by atoms with Crippen LogP contribution in [0.5, 0.6) is 5.75 Å². The highest BCUT2D eigenvalue weighted by molar-refractivity contribution is 6.04. The van der Waals surface area contributed by atoms with Crippen LogP contribution in [0.3, 0.4) is 0 Å². The number of nitrogens with one attached hydrogen (secondary N) is 2. The molecule has 34 heavy (non-hydrogen) atoms. The molecule has 3 N–H and O–H groups in total. The Morgan fingerprint density at radius 2 is 1.79 bits per heavy atom. The zero-order valence-electron chi connectivity index (χ0n) is 20.2. The minimum atomic E-state index is -0.267. The van der Waals surface area contributed by atoms with Crippen molar-refractivity contribution in [2.45, 2.75) is 58.3 Å². The number of carbonyl (C=O) groups is 2. The number of anilines is 1. The summed E-state index contributed by atoms with van der Waals surface area (Å²) in [5, 5.41) is 20.8. The number of hydrogen-bond donors (Lipinski definition) is 3. The van der Waals surface area contributed by atoms with Crippen LogP contribution in [0.25, 0.3) is 11.3 Å². The van der Waals surface area contributed by atoms with Gasteiger partial charge in [0.1, 0.15) is 5.75 Å². The summed E-state index contributed by atoms with van der Waals surface area (Å²) >= 11 is 0. The number of aromatic hydroxyl groups is 1. The predicted octanol–water partition coefficient (Wildman–Crippen LogP) is 5.65. The van der Waals surface area contributed by atoms with Crippen LogP contribution in [-0.4, -0.2) is 33.4 Å². The van der Waals surface area contributed by atoms with E-state index in [1.165, 1.54) is 10.7 Å². The molecule has 1 saturated carbocycles. The highest BCUT2D eigenvalue weighted by atomic mass is 16.3. The Labute approximate surface area is 200 Å². The van der Waals surface area contributed by atoms with Crippen LogP contribution in [0, 0.1) is 0 Å². The monoisotopic (exact) mass is 460 g/mol. The highest BCUT2D eigenvalue weighted by Crippen LogP contribution is 2.39. The van der Waals surface area contributed by atoms with Gasteiger partial charge in [-0.05, 0) is 61.1 Å². The second kappa shape index (κ2) is 9.33. The van der Waals surface area contributed by atoms with E-state index in [0.717, 1.165) is 30.5 Å². The number of carbonyl (C=O) groups excluding carboxylic acids is 2. The molecule has 0 bridgehead atoms. The van der Waals surface area contributed by atoms with Crippen LogP contribution in [0.1, 0.15) is 74.5 Å². The molecule has 178 valence electrons. The summed E-state index contributed by atoms with van der Waals surface area (Å²) < 4.78 is 1.42. The number of phenolic OH excluding ortho intramolecular Hbond substituents is 1. The molecule has 1 heterocycles. The summed E-state index contributed by atoms with van der Waals surface area (Å²) in [7, 11) is 0. The first-order valence-electron chi connectivity index (χ1n) is 11.8. The second-order valence-electron chi connectivity index (χ2n) is 9.84. The van der Waals surface area contributed by atoms with Crippen LogP contribution in [0.4, 0.5) is 10.5 Å². The normalized spacial score (nSPS) is 13.9. The molecule has 1 aliphatic rings. The molecule has 4 rings (SSSR count). The van der Waals surface area contributed by atoms with Gasteiger partial charge < -0.3 is 15.7 Å². The molecular formula is C27H32N4O3. The Morgan fingerprint density at radius 1 is 1.09 bits per heavy atom. The fourth-order valence-electron chi connectivity index (χ4n) is 4.06. The third-order valence-corrected chi connectivity index (χ3v) is 6.33.